The minimum atomic E-state index is -0.0265. The lowest BCUT2D eigenvalue weighted by Crippen LogP contribution is -2.31. The molecule has 0 bridgehead atoms. The Balaban J connectivity index is 0.00000274. The summed E-state index contributed by atoms with van der Waals surface area (Å²) in [6.07, 6.45) is 2.97. The van der Waals surface area contributed by atoms with Gasteiger partial charge in [-0.1, -0.05) is 23.7 Å². The van der Waals surface area contributed by atoms with E-state index in [0.717, 1.165) is 57.2 Å². The zero-order chi connectivity index (χ0) is 23.1. The summed E-state index contributed by atoms with van der Waals surface area (Å²) >= 11 is 7.53. The third-order valence-electron chi connectivity index (χ3n) is 6.38. The monoisotopic (exact) mass is 515 g/mol. The number of halogens is 2. The Morgan fingerprint density at radius 3 is 2.53 bits per heavy atom. The molecule has 0 N–H and O–H groups in total. The predicted octanol–water partition coefficient (Wildman–Crippen LogP) is 5.94. The molecule has 4 aromatic rings. The van der Waals surface area contributed by atoms with E-state index in [2.05, 4.69) is 36.0 Å². The van der Waals surface area contributed by atoms with Gasteiger partial charge in [-0.3, -0.25) is 9.36 Å². The van der Waals surface area contributed by atoms with Crippen LogP contribution in [0, 0.1) is 0 Å². The molecule has 0 amide bonds. The van der Waals surface area contributed by atoms with E-state index in [-0.39, 0.29) is 18.0 Å². The summed E-state index contributed by atoms with van der Waals surface area (Å²) in [6.45, 7) is 1.96. The van der Waals surface area contributed by atoms with E-state index in [9.17, 15) is 4.79 Å². The molecular weight excluding hydrogens is 489 g/mol. The highest BCUT2D eigenvalue weighted by molar-refractivity contribution is 7.22. The maximum atomic E-state index is 13.4. The molecule has 1 aliphatic heterocycles. The number of hydrogen-bond donors (Lipinski definition) is 0. The summed E-state index contributed by atoms with van der Waals surface area (Å²) in [6, 6.07) is 18.3. The van der Waals surface area contributed by atoms with E-state index in [1.54, 1.807) is 11.7 Å². The zero-order valence-corrected chi connectivity index (χ0v) is 21.7. The fourth-order valence-electron chi connectivity index (χ4n) is 4.45. The SMILES string of the molecule is COc1cc(-n2ccc3cc(-c4ccc(Cl)cc4)sc3c2=O)ccc1N1CCC(N(C)C)C1.Cl. The molecule has 1 saturated heterocycles. The average molecular weight is 516 g/mol. The summed E-state index contributed by atoms with van der Waals surface area (Å²) < 4.78 is 8.17. The molecule has 1 fully saturated rings. The molecule has 1 unspecified atom stereocenters. The first-order valence-corrected chi connectivity index (χ1v) is 12.1. The summed E-state index contributed by atoms with van der Waals surface area (Å²) in [5.74, 6) is 0.784. The van der Waals surface area contributed by atoms with Crippen LogP contribution in [0.5, 0.6) is 5.75 Å². The number of pyridine rings is 1. The summed E-state index contributed by atoms with van der Waals surface area (Å²) in [5.41, 5.74) is 2.90. The Bertz CT molecular complexity index is 1360. The number of rotatable bonds is 5. The quantitative estimate of drug-likeness (QED) is 0.329. The van der Waals surface area contributed by atoms with E-state index in [4.69, 9.17) is 16.3 Å². The van der Waals surface area contributed by atoms with E-state index in [0.29, 0.717) is 11.1 Å². The largest absolute Gasteiger partial charge is 0.495 e. The van der Waals surface area contributed by atoms with Crippen molar-refractivity contribution in [3.63, 3.8) is 0 Å². The maximum Gasteiger partial charge on any atom is 0.273 e. The van der Waals surface area contributed by atoms with Crippen LogP contribution in [-0.2, 0) is 0 Å². The summed E-state index contributed by atoms with van der Waals surface area (Å²) in [5, 5.41) is 1.65. The average Bonchev–Trinajstić information content (AvgIpc) is 3.48. The number of benzene rings is 2. The lowest BCUT2D eigenvalue weighted by Gasteiger charge is -2.24. The van der Waals surface area contributed by atoms with Crippen molar-refractivity contribution < 1.29 is 4.74 Å². The van der Waals surface area contributed by atoms with Gasteiger partial charge in [0, 0.05) is 46.7 Å². The van der Waals surface area contributed by atoms with Crippen LogP contribution in [0.1, 0.15) is 6.42 Å². The maximum absolute atomic E-state index is 13.4. The predicted molar refractivity (Wildman–Crippen MR) is 146 cm³/mol. The lowest BCUT2D eigenvalue weighted by atomic mass is 10.2. The number of nitrogens with zero attached hydrogens (tertiary/aromatic N) is 3. The Morgan fingerprint density at radius 2 is 1.85 bits per heavy atom. The number of methoxy groups -OCH3 is 1. The smallest absolute Gasteiger partial charge is 0.273 e. The molecule has 0 spiro atoms. The Labute approximate surface area is 214 Å². The van der Waals surface area contributed by atoms with Gasteiger partial charge in [0.25, 0.3) is 5.56 Å². The minimum Gasteiger partial charge on any atom is -0.495 e. The molecule has 0 aliphatic carbocycles. The van der Waals surface area contributed by atoms with Crippen LogP contribution in [0.25, 0.3) is 26.2 Å². The number of fused-ring (bicyclic) bond motifs is 1. The Hall–Kier alpha value is -2.51. The van der Waals surface area contributed by atoms with Crippen LogP contribution in [0.2, 0.25) is 5.02 Å². The zero-order valence-electron chi connectivity index (χ0n) is 19.3. The molecule has 0 radical (unpaired) electrons. The van der Waals surface area contributed by atoms with Gasteiger partial charge in [-0.05, 0) is 62.5 Å². The van der Waals surface area contributed by atoms with Crippen molar-refractivity contribution in [2.45, 2.75) is 12.5 Å². The molecule has 1 atom stereocenters. The van der Waals surface area contributed by atoms with Crippen LogP contribution in [0.15, 0.2) is 65.6 Å². The normalized spacial score (nSPS) is 15.7. The molecule has 5 nitrogen and oxygen atoms in total. The van der Waals surface area contributed by atoms with Gasteiger partial charge < -0.3 is 14.5 Å². The highest BCUT2D eigenvalue weighted by Gasteiger charge is 2.26. The molecule has 1 aliphatic rings. The second-order valence-corrected chi connectivity index (χ2v) is 10.1. The van der Waals surface area contributed by atoms with E-state index >= 15 is 0 Å². The van der Waals surface area contributed by atoms with E-state index in [1.165, 1.54) is 11.3 Å². The van der Waals surface area contributed by atoms with Crippen molar-refractivity contribution in [1.82, 2.24) is 9.47 Å². The van der Waals surface area contributed by atoms with Crippen molar-refractivity contribution in [2.24, 2.45) is 0 Å². The van der Waals surface area contributed by atoms with Crippen molar-refractivity contribution >= 4 is 51.1 Å². The van der Waals surface area contributed by atoms with Crippen molar-refractivity contribution in [1.29, 1.82) is 0 Å². The second kappa shape index (κ2) is 10.0. The first-order valence-electron chi connectivity index (χ1n) is 11.0. The molecule has 5 rings (SSSR count). The fraction of sp³-hybridized carbons (Fsp3) is 0.269. The van der Waals surface area contributed by atoms with Crippen LogP contribution < -0.4 is 15.2 Å². The minimum absolute atomic E-state index is 0. The van der Waals surface area contributed by atoms with Gasteiger partial charge in [-0.25, -0.2) is 0 Å². The molecule has 34 heavy (non-hydrogen) atoms. The lowest BCUT2D eigenvalue weighted by molar-refractivity contribution is 0.315. The fourth-order valence-corrected chi connectivity index (χ4v) is 5.66. The molecule has 178 valence electrons. The van der Waals surface area contributed by atoms with Crippen LogP contribution in [0.3, 0.4) is 0 Å². The second-order valence-electron chi connectivity index (χ2n) is 8.60. The van der Waals surface area contributed by atoms with Gasteiger partial charge in [-0.2, -0.15) is 0 Å². The molecule has 3 heterocycles. The first kappa shape index (κ1) is 24.6. The summed E-state index contributed by atoms with van der Waals surface area (Å²) in [4.78, 5) is 19.1. The van der Waals surface area contributed by atoms with Gasteiger partial charge >= 0.3 is 0 Å². The van der Waals surface area contributed by atoms with Gasteiger partial charge in [0.1, 0.15) is 10.4 Å². The van der Waals surface area contributed by atoms with Crippen molar-refractivity contribution in [3.8, 4) is 21.9 Å². The van der Waals surface area contributed by atoms with Gasteiger partial charge in [0.05, 0.1) is 18.5 Å². The number of aromatic nitrogens is 1. The van der Waals surface area contributed by atoms with Gasteiger partial charge in [0.15, 0.2) is 0 Å². The van der Waals surface area contributed by atoms with E-state index in [1.807, 2.05) is 48.7 Å². The van der Waals surface area contributed by atoms with E-state index < -0.39 is 0 Å². The number of likely N-dealkylation sites (N-methyl/N-ethyl adjacent to an activating group) is 1. The molecule has 0 saturated carbocycles. The number of thiophene rings is 1. The number of ether oxygens (including phenoxy) is 1. The molecule has 2 aromatic heterocycles. The van der Waals surface area contributed by atoms with Crippen molar-refractivity contribution in [3.05, 3.63) is 76.2 Å². The molecular formula is C26H27Cl2N3O2S. The van der Waals surface area contributed by atoms with Crippen molar-refractivity contribution in [2.75, 3.05) is 39.2 Å². The standard InChI is InChI=1S/C26H26ClN3O2S.ClH/c1-28(2)21-11-12-29(16-21)22-9-8-20(15-23(22)32-3)30-13-10-18-14-24(33-25(18)26(30)31)17-4-6-19(27)7-5-17;/h4-10,13-15,21H,11-12,16H2,1-3H3;1H. The molecule has 2 aromatic carbocycles. The summed E-state index contributed by atoms with van der Waals surface area (Å²) in [7, 11) is 5.94. The van der Waals surface area contributed by atoms with Crippen LogP contribution in [0.4, 0.5) is 5.69 Å². The van der Waals surface area contributed by atoms with Crippen LogP contribution >= 0.6 is 35.3 Å². The van der Waals surface area contributed by atoms with Gasteiger partial charge in [-0.15, -0.1) is 23.7 Å². The number of anilines is 1. The number of hydrogen-bond acceptors (Lipinski definition) is 5. The Morgan fingerprint density at radius 1 is 1.09 bits per heavy atom. The first-order chi connectivity index (χ1) is 15.9. The Kier molecular flexibility index (Phi) is 7.24. The third kappa shape index (κ3) is 4.56. The van der Waals surface area contributed by atoms with Crippen LogP contribution in [-0.4, -0.2) is 49.8 Å². The van der Waals surface area contributed by atoms with Gasteiger partial charge in [0.2, 0.25) is 0 Å². The highest BCUT2D eigenvalue weighted by atomic mass is 35.5. The molecule has 8 heteroatoms. The topological polar surface area (TPSA) is 37.7 Å². The highest BCUT2D eigenvalue weighted by Crippen LogP contribution is 2.35. The third-order valence-corrected chi connectivity index (χ3v) is 7.82.